The molecule has 1 N–H and O–H groups in total. The number of carbonyl (C=O) groups is 2. The number of furan rings is 1. The Morgan fingerprint density at radius 2 is 1.93 bits per heavy atom. The highest BCUT2D eigenvalue weighted by Gasteiger charge is 2.31. The van der Waals surface area contributed by atoms with Gasteiger partial charge in [-0.2, -0.15) is 0 Å². The van der Waals surface area contributed by atoms with Gasteiger partial charge in [-0.3, -0.25) is 4.79 Å². The van der Waals surface area contributed by atoms with E-state index in [1.807, 2.05) is 48.7 Å². The quantitative estimate of drug-likeness (QED) is 0.619. The van der Waals surface area contributed by atoms with Crippen molar-refractivity contribution in [1.29, 1.82) is 0 Å². The second kappa shape index (κ2) is 7.99. The molecule has 6 heteroatoms. The zero-order valence-corrected chi connectivity index (χ0v) is 16.6. The van der Waals surface area contributed by atoms with Gasteiger partial charge in [-0.15, -0.1) is 0 Å². The summed E-state index contributed by atoms with van der Waals surface area (Å²) >= 11 is 0. The minimum absolute atomic E-state index is 0.186. The molecule has 0 saturated heterocycles. The minimum Gasteiger partial charge on any atom is -0.467 e. The smallest absolute Gasteiger partial charge is 0.341 e. The molecule has 0 spiro atoms. The summed E-state index contributed by atoms with van der Waals surface area (Å²) in [5.41, 5.74) is 2.81. The van der Waals surface area contributed by atoms with Gasteiger partial charge in [-0.05, 0) is 44.9 Å². The molecule has 29 heavy (non-hydrogen) atoms. The average Bonchev–Trinajstić information content (AvgIpc) is 3.29. The van der Waals surface area contributed by atoms with Crippen LogP contribution >= 0.6 is 0 Å². The number of aromatic nitrogens is 1. The van der Waals surface area contributed by atoms with Crippen molar-refractivity contribution in [3.63, 3.8) is 0 Å². The van der Waals surface area contributed by atoms with Crippen LogP contribution in [0.1, 0.15) is 52.0 Å². The predicted molar refractivity (Wildman–Crippen MR) is 107 cm³/mol. The number of amides is 1. The first-order valence-corrected chi connectivity index (χ1v) is 9.78. The van der Waals surface area contributed by atoms with Crippen molar-refractivity contribution in [2.45, 2.75) is 45.4 Å². The molecule has 1 aromatic carbocycles. The molecule has 150 valence electrons. The monoisotopic (exact) mass is 392 g/mol. The van der Waals surface area contributed by atoms with Gasteiger partial charge < -0.3 is 19.0 Å². The third-order valence-electron chi connectivity index (χ3n) is 5.18. The second-order valence-corrected chi connectivity index (χ2v) is 7.43. The second-order valence-electron chi connectivity index (χ2n) is 7.43. The van der Waals surface area contributed by atoms with Crippen LogP contribution in [0.2, 0.25) is 0 Å². The Balaban J connectivity index is 1.56. The molecule has 1 amide bonds. The summed E-state index contributed by atoms with van der Waals surface area (Å²) in [5, 5.41) is 2.94. The predicted octanol–water partition coefficient (Wildman–Crippen LogP) is 3.92. The highest BCUT2D eigenvalue weighted by Crippen LogP contribution is 2.25. The number of aryl methyl sites for hydroxylation is 1. The number of benzene rings is 1. The van der Waals surface area contributed by atoms with E-state index in [-0.39, 0.29) is 11.9 Å². The van der Waals surface area contributed by atoms with Crippen LogP contribution in [-0.4, -0.2) is 22.5 Å². The van der Waals surface area contributed by atoms with Gasteiger partial charge in [0.05, 0.1) is 18.4 Å². The van der Waals surface area contributed by atoms with Gasteiger partial charge in [0.25, 0.3) is 5.91 Å². The van der Waals surface area contributed by atoms with Crippen LogP contribution in [0.15, 0.2) is 59.2 Å². The number of carbonyl (C=O) groups excluding carboxylic acids is 2. The SMILES string of the molecule is Cc1cc(C(=O)O[C@H](C(=O)NC2CC2)c2ccccc2)c(C)n1Cc1ccco1. The van der Waals surface area contributed by atoms with E-state index in [1.54, 1.807) is 24.5 Å². The van der Waals surface area contributed by atoms with E-state index >= 15 is 0 Å². The molecule has 3 aromatic rings. The fourth-order valence-corrected chi connectivity index (χ4v) is 3.39. The summed E-state index contributed by atoms with van der Waals surface area (Å²) in [6, 6.07) is 14.8. The van der Waals surface area contributed by atoms with Gasteiger partial charge in [-0.1, -0.05) is 30.3 Å². The van der Waals surface area contributed by atoms with Crippen molar-refractivity contribution in [1.82, 2.24) is 9.88 Å². The molecule has 2 aromatic heterocycles. The van der Waals surface area contributed by atoms with Crippen LogP contribution in [0, 0.1) is 13.8 Å². The maximum atomic E-state index is 13.0. The molecular weight excluding hydrogens is 368 g/mol. The molecule has 0 radical (unpaired) electrons. The average molecular weight is 392 g/mol. The molecule has 0 unspecified atom stereocenters. The summed E-state index contributed by atoms with van der Waals surface area (Å²) in [6.07, 6.45) is 2.59. The van der Waals surface area contributed by atoms with Crippen LogP contribution in [-0.2, 0) is 16.1 Å². The summed E-state index contributed by atoms with van der Waals surface area (Å²) in [4.78, 5) is 25.7. The Kier molecular flexibility index (Phi) is 5.25. The van der Waals surface area contributed by atoms with Crippen molar-refractivity contribution in [3.8, 4) is 0 Å². The summed E-state index contributed by atoms with van der Waals surface area (Å²) < 4.78 is 13.1. The molecule has 4 rings (SSSR count). The highest BCUT2D eigenvalue weighted by atomic mass is 16.5. The maximum Gasteiger partial charge on any atom is 0.341 e. The Bertz CT molecular complexity index is 1000. The van der Waals surface area contributed by atoms with E-state index in [0.29, 0.717) is 17.7 Å². The fourth-order valence-electron chi connectivity index (χ4n) is 3.39. The zero-order valence-electron chi connectivity index (χ0n) is 16.6. The topological polar surface area (TPSA) is 73.5 Å². The first-order chi connectivity index (χ1) is 14.0. The lowest BCUT2D eigenvalue weighted by atomic mass is 10.1. The largest absolute Gasteiger partial charge is 0.467 e. The third kappa shape index (κ3) is 4.26. The lowest BCUT2D eigenvalue weighted by molar-refractivity contribution is -0.130. The molecule has 0 aliphatic heterocycles. The zero-order chi connectivity index (χ0) is 20.4. The van der Waals surface area contributed by atoms with Crippen molar-refractivity contribution < 1.29 is 18.7 Å². The molecule has 1 aliphatic carbocycles. The van der Waals surface area contributed by atoms with Crippen LogP contribution in [0.25, 0.3) is 0 Å². The van der Waals surface area contributed by atoms with Gasteiger partial charge in [0.15, 0.2) is 0 Å². The van der Waals surface area contributed by atoms with Crippen LogP contribution in [0.4, 0.5) is 0 Å². The Morgan fingerprint density at radius 3 is 2.59 bits per heavy atom. The lowest BCUT2D eigenvalue weighted by Gasteiger charge is -2.18. The molecule has 1 saturated carbocycles. The Hall–Kier alpha value is -3.28. The lowest BCUT2D eigenvalue weighted by Crippen LogP contribution is -2.33. The van der Waals surface area contributed by atoms with Gasteiger partial charge in [0.1, 0.15) is 5.76 Å². The van der Waals surface area contributed by atoms with Crippen molar-refractivity contribution >= 4 is 11.9 Å². The first-order valence-electron chi connectivity index (χ1n) is 9.78. The standard InChI is InChI=1S/C23H24N2O4/c1-15-13-20(16(2)25(15)14-19-9-6-12-28-19)23(27)29-21(17-7-4-3-5-8-17)22(26)24-18-10-11-18/h3-9,12-13,18,21H,10-11,14H2,1-2H3,(H,24,26)/t21-/m0/s1. The Morgan fingerprint density at radius 1 is 1.17 bits per heavy atom. The summed E-state index contributed by atoms with van der Waals surface area (Å²) in [5.74, 6) is 0.0118. The number of hydrogen-bond acceptors (Lipinski definition) is 4. The number of nitrogens with zero attached hydrogens (tertiary/aromatic N) is 1. The summed E-state index contributed by atoms with van der Waals surface area (Å²) in [6.45, 7) is 4.33. The van der Waals surface area contributed by atoms with Crippen LogP contribution < -0.4 is 5.32 Å². The number of nitrogens with one attached hydrogen (secondary N) is 1. The van der Waals surface area contributed by atoms with Crippen LogP contribution in [0.5, 0.6) is 0 Å². The molecular formula is C23H24N2O4. The molecule has 1 aliphatic rings. The molecule has 0 bridgehead atoms. The highest BCUT2D eigenvalue weighted by molar-refractivity contribution is 5.94. The number of esters is 1. The Labute approximate surface area is 169 Å². The van der Waals surface area contributed by atoms with Gasteiger partial charge in [0, 0.05) is 23.0 Å². The van der Waals surface area contributed by atoms with E-state index in [0.717, 1.165) is 30.0 Å². The van der Waals surface area contributed by atoms with Gasteiger partial charge >= 0.3 is 5.97 Å². The number of ether oxygens (including phenoxy) is 1. The maximum absolute atomic E-state index is 13.0. The van der Waals surface area contributed by atoms with Gasteiger partial charge in [-0.25, -0.2) is 4.79 Å². The van der Waals surface area contributed by atoms with Crippen LogP contribution in [0.3, 0.4) is 0 Å². The number of rotatable bonds is 7. The third-order valence-corrected chi connectivity index (χ3v) is 5.18. The number of hydrogen-bond donors (Lipinski definition) is 1. The first kappa shape index (κ1) is 19.1. The molecule has 2 heterocycles. The normalized spacial score (nSPS) is 14.4. The van der Waals surface area contributed by atoms with E-state index in [9.17, 15) is 9.59 Å². The minimum atomic E-state index is -0.975. The van der Waals surface area contributed by atoms with Crippen molar-refractivity contribution in [2.75, 3.05) is 0 Å². The van der Waals surface area contributed by atoms with E-state index in [1.165, 1.54) is 0 Å². The van der Waals surface area contributed by atoms with E-state index in [2.05, 4.69) is 5.32 Å². The van der Waals surface area contributed by atoms with E-state index in [4.69, 9.17) is 9.15 Å². The molecule has 1 atom stereocenters. The molecule has 6 nitrogen and oxygen atoms in total. The molecule has 1 fully saturated rings. The fraction of sp³-hybridized carbons (Fsp3) is 0.304. The van der Waals surface area contributed by atoms with Crippen molar-refractivity contribution in [3.05, 3.63) is 83.1 Å². The van der Waals surface area contributed by atoms with Gasteiger partial charge in [0.2, 0.25) is 6.10 Å². The van der Waals surface area contributed by atoms with E-state index < -0.39 is 12.1 Å². The summed E-state index contributed by atoms with van der Waals surface area (Å²) in [7, 11) is 0. The van der Waals surface area contributed by atoms with Crippen molar-refractivity contribution in [2.24, 2.45) is 0 Å².